The van der Waals surface area contributed by atoms with Gasteiger partial charge >= 0.3 is 0 Å². The lowest BCUT2D eigenvalue weighted by Gasteiger charge is -1.88. The highest BCUT2D eigenvalue weighted by Crippen LogP contribution is 2.31. The van der Waals surface area contributed by atoms with E-state index in [4.69, 9.17) is 0 Å². The summed E-state index contributed by atoms with van der Waals surface area (Å²) < 4.78 is 0. The van der Waals surface area contributed by atoms with Gasteiger partial charge < -0.3 is 4.84 Å². The summed E-state index contributed by atoms with van der Waals surface area (Å²) in [6.45, 7) is 0. The molecule has 1 aliphatic rings. The molecule has 0 heterocycles. The van der Waals surface area contributed by atoms with Crippen LogP contribution in [0, 0.1) is 12.3 Å². The highest BCUT2D eigenvalue weighted by Gasteiger charge is 2.19. The first-order valence-electron chi connectivity index (χ1n) is 4.47. The van der Waals surface area contributed by atoms with Crippen molar-refractivity contribution in [3.05, 3.63) is 18.6 Å². The molecule has 1 rings (SSSR count). The molecule has 0 aromatic carbocycles. The SMILES string of the molecule is CON=CCC=CCCC1[CH]C1. The highest BCUT2D eigenvalue weighted by atomic mass is 16.6. The number of oxime groups is 1. The molecule has 67 valence electrons. The van der Waals surface area contributed by atoms with Crippen molar-refractivity contribution in [3.63, 3.8) is 0 Å². The molecular formula is C10H16NO. The van der Waals surface area contributed by atoms with Gasteiger partial charge in [-0.05, 0) is 31.6 Å². The zero-order chi connectivity index (χ0) is 8.65. The second-order valence-electron chi connectivity index (χ2n) is 2.99. The van der Waals surface area contributed by atoms with Crippen molar-refractivity contribution in [2.45, 2.75) is 25.7 Å². The van der Waals surface area contributed by atoms with E-state index in [9.17, 15) is 0 Å². The number of nitrogens with zero attached hydrogens (tertiary/aromatic N) is 1. The van der Waals surface area contributed by atoms with Crippen molar-refractivity contribution in [2.24, 2.45) is 11.1 Å². The molecule has 0 spiro atoms. The average Bonchev–Trinajstić information content (AvgIpc) is 2.87. The van der Waals surface area contributed by atoms with Crippen molar-refractivity contribution in [2.75, 3.05) is 7.11 Å². The van der Waals surface area contributed by atoms with Crippen LogP contribution in [0.3, 0.4) is 0 Å². The third-order valence-corrected chi connectivity index (χ3v) is 1.86. The van der Waals surface area contributed by atoms with Crippen molar-refractivity contribution in [1.29, 1.82) is 0 Å². The summed E-state index contributed by atoms with van der Waals surface area (Å²) in [6.07, 6.45) is 13.2. The van der Waals surface area contributed by atoms with Crippen LogP contribution in [-0.2, 0) is 4.84 Å². The number of hydrogen-bond donors (Lipinski definition) is 0. The molecule has 0 N–H and O–H groups in total. The van der Waals surface area contributed by atoms with Crippen LogP contribution in [0.5, 0.6) is 0 Å². The second-order valence-corrected chi connectivity index (χ2v) is 2.99. The van der Waals surface area contributed by atoms with Crippen LogP contribution in [0.25, 0.3) is 0 Å². The average molecular weight is 166 g/mol. The highest BCUT2D eigenvalue weighted by molar-refractivity contribution is 5.58. The topological polar surface area (TPSA) is 21.6 Å². The summed E-state index contributed by atoms with van der Waals surface area (Å²) >= 11 is 0. The minimum atomic E-state index is 0.877. The van der Waals surface area contributed by atoms with Crippen molar-refractivity contribution in [1.82, 2.24) is 0 Å². The molecule has 1 fully saturated rings. The van der Waals surface area contributed by atoms with E-state index < -0.39 is 0 Å². The van der Waals surface area contributed by atoms with Crippen LogP contribution in [0.1, 0.15) is 25.7 Å². The fraction of sp³-hybridized carbons (Fsp3) is 0.600. The molecule has 0 saturated heterocycles. The lowest BCUT2D eigenvalue weighted by atomic mass is 10.2. The molecule has 0 amide bonds. The van der Waals surface area contributed by atoms with Crippen molar-refractivity contribution in [3.8, 4) is 0 Å². The summed E-state index contributed by atoms with van der Waals surface area (Å²) in [5.41, 5.74) is 0. The summed E-state index contributed by atoms with van der Waals surface area (Å²) in [5, 5.41) is 3.63. The summed E-state index contributed by atoms with van der Waals surface area (Å²) in [5.74, 6) is 0.919. The predicted octanol–water partition coefficient (Wildman–Crippen LogP) is 2.57. The largest absolute Gasteiger partial charge is 0.399 e. The fourth-order valence-corrected chi connectivity index (χ4v) is 1.03. The van der Waals surface area contributed by atoms with Crippen LogP contribution < -0.4 is 0 Å². The van der Waals surface area contributed by atoms with Gasteiger partial charge in [0.25, 0.3) is 0 Å². The van der Waals surface area contributed by atoms with E-state index in [-0.39, 0.29) is 0 Å². The van der Waals surface area contributed by atoms with Gasteiger partial charge in [0.2, 0.25) is 0 Å². The molecule has 1 saturated carbocycles. The van der Waals surface area contributed by atoms with Gasteiger partial charge in [-0.1, -0.05) is 17.3 Å². The van der Waals surface area contributed by atoms with E-state index in [0.717, 1.165) is 12.3 Å². The van der Waals surface area contributed by atoms with E-state index in [1.54, 1.807) is 13.3 Å². The Hall–Kier alpha value is -0.790. The molecule has 0 aromatic rings. The molecule has 1 atom stereocenters. The second kappa shape index (κ2) is 5.81. The van der Waals surface area contributed by atoms with Gasteiger partial charge in [-0.2, -0.15) is 0 Å². The Labute approximate surface area is 74.3 Å². The first-order chi connectivity index (χ1) is 5.93. The number of hydrogen-bond acceptors (Lipinski definition) is 2. The van der Waals surface area contributed by atoms with E-state index in [0.29, 0.717) is 0 Å². The molecule has 2 nitrogen and oxygen atoms in total. The lowest BCUT2D eigenvalue weighted by molar-refractivity contribution is 0.215. The smallest absolute Gasteiger partial charge is 0.106 e. The van der Waals surface area contributed by atoms with Crippen LogP contribution in [0.2, 0.25) is 0 Å². The quantitative estimate of drug-likeness (QED) is 0.337. The van der Waals surface area contributed by atoms with E-state index in [1.807, 2.05) is 0 Å². The maximum absolute atomic E-state index is 4.53. The van der Waals surface area contributed by atoms with Crippen LogP contribution in [-0.4, -0.2) is 13.3 Å². The third kappa shape index (κ3) is 4.94. The zero-order valence-corrected chi connectivity index (χ0v) is 7.57. The molecule has 1 aliphatic carbocycles. The Morgan fingerprint density at radius 1 is 1.58 bits per heavy atom. The van der Waals surface area contributed by atoms with Crippen molar-refractivity contribution >= 4 is 6.21 Å². The summed E-state index contributed by atoms with van der Waals surface area (Å²) in [7, 11) is 1.56. The molecule has 1 radical (unpaired) electrons. The fourth-order valence-electron chi connectivity index (χ4n) is 1.03. The maximum atomic E-state index is 4.53. The minimum Gasteiger partial charge on any atom is -0.399 e. The monoisotopic (exact) mass is 166 g/mol. The Bertz CT molecular complexity index is 159. The van der Waals surface area contributed by atoms with Crippen LogP contribution in [0.15, 0.2) is 17.3 Å². The van der Waals surface area contributed by atoms with Gasteiger partial charge in [0.15, 0.2) is 0 Å². The lowest BCUT2D eigenvalue weighted by Crippen LogP contribution is -1.75. The minimum absolute atomic E-state index is 0.877. The van der Waals surface area contributed by atoms with E-state index >= 15 is 0 Å². The van der Waals surface area contributed by atoms with Gasteiger partial charge in [0.05, 0.1) is 0 Å². The normalized spacial score (nSPS) is 17.8. The van der Waals surface area contributed by atoms with Gasteiger partial charge in [-0.15, -0.1) is 0 Å². The Morgan fingerprint density at radius 2 is 2.42 bits per heavy atom. The number of rotatable bonds is 6. The van der Waals surface area contributed by atoms with Gasteiger partial charge in [-0.3, -0.25) is 0 Å². The standard InChI is InChI=1S/C10H16NO/c1-12-11-9-5-3-2-4-6-10-7-8-10/h2-3,7,9-10H,4-6,8H2,1H3. The molecule has 12 heavy (non-hydrogen) atoms. The first kappa shape index (κ1) is 9.30. The summed E-state index contributed by atoms with van der Waals surface area (Å²) in [6, 6.07) is 0. The molecule has 2 heteroatoms. The molecule has 0 aliphatic heterocycles. The Balaban J connectivity index is 1.86. The summed E-state index contributed by atoms with van der Waals surface area (Å²) in [4.78, 5) is 4.53. The van der Waals surface area contributed by atoms with Crippen molar-refractivity contribution < 1.29 is 4.84 Å². The van der Waals surface area contributed by atoms with Crippen LogP contribution >= 0.6 is 0 Å². The van der Waals surface area contributed by atoms with E-state index in [1.165, 1.54) is 19.3 Å². The predicted molar refractivity (Wildman–Crippen MR) is 50.9 cm³/mol. The zero-order valence-electron chi connectivity index (χ0n) is 7.57. The Morgan fingerprint density at radius 3 is 3.08 bits per heavy atom. The number of allylic oxidation sites excluding steroid dienone is 2. The molecular weight excluding hydrogens is 150 g/mol. The van der Waals surface area contributed by atoms with Crippen LogP contribution in [0.4, 0.5) is 0 Å². The van der Waals surface area contributed by atoms with Gasteiger partial charge in [-0.25, -0.2) is 0 Å². The van der Waals surface area contributed by atoms with E-state index in [2.05, 4.69) is 28.6 Å². The first-order valence-corrected chi connectivity index (χ1v) is 4.47. The Kier molecular flexibility index (Phi) is 4.50. The third-order valence-electron chi connectivity index (χ3n) is 1.86. The molecule has 1 unspecified atom stereocenters. The maximum Gasteiger partial charge on any atom is 0.106 e. The van der Waals surface area contributed by atoms with Gasteiger partial charge in [0.1, 0.15) is 7.11 Å². The van der Waals surface area contributed by atoms with Gasteiger partial charge in [0, 0.05) is 12.6 Å². The molecule has 0 aromatic heterocycles. The molecule has 0 bridgehead atoms.